The molecule has 0 aliphatic rings. The molecule has 17 heavy (non-hydrogen) atoms. The molecule has 2 aromatic rings. The number of benzene rings is 1. The van der Waals surface area contributed by atoms with Crippen molar-refractivity contribution in [1.82, 2.24) is 4.57 Å². The van der Waals surface area contributed by atoms with E-state index in [4.69, 9.17) is 16.7 Å². The van der Waals surface area contributed by atoms with Crippen LogP contribution in [0.2, 0.25) is 5.02 Å². The van der Waals surface area contributed by atoms with Gasteiger partial charge in [0.15, 0.2) is 0 Å². The zero-order valence-corrected chi connectivity index (χ0v) is 10.1. The summed E-state index contributed by atoms with van der Waals surface area (Å²) in [6.07, 6.45) is 1.76. The SMILES string of the molecule is CC(c1cccc(Cl)c1)n1cccc1C(=O)O. The quantitative estimate of drug-likeness (QED) is 0.905. The molecule has 3 nitrogen and oxygen atoms in total. The fraction of sp³-hybridized carbons (Fsp3) is 0.154. The molecule has 1 aromatic heterocycles. The lowest BCUT2D eigenvalue weighted by Crippen LogP contribution is -2.12. The van der Waals surface area contributed by atoms with Crippen molar-refractivity contribution in [3.8, 4) is 0 Å². The number of aromatic nitrogens is 1. The molecule has 0 spiro atoms. The van der Waals surface area contributed by atoms with Gasteiger partial charge in [0.2, 0.25) is 0 Å². The Balaban J connectivity index is 2.40. The Morgan fingerprint density at radius 1 is 1.35 bits per heavy atom. The maximum absolute atomic E-state index is 11.0. The molecular weight excluding hydrogens is 238 g/mol. The lowest BCUT2D eigenvalue weighted by molar-refractivity contribution is 0.0684. The van der Waals surface area contributed by atoms with Crippen LogP contribution < -0.4 is 0 Å². The minimum atomic E-state index is -0.927. The van der Waals surface area contributed by atoms with Gasteiger partial charge in [0, 0.05) is 11.2 Å². The van der Waals surface area contributed by atoms with Crippen molar-refractivity contribution in [2.24, 2.45) is 0 Å². The summed E-state index contributed by atoms with van der Waals surface area (Å²) in [6.45, 7) is 1.94. The Morgan fingerprint density at radius 2 is 2.12 bits per heavy atom. The normalized spacial score (nSPS) is 12.4. The van der Waals surface area contributed by atoms with E-state index in [9.17, 15) is 4.79 Å². The summed E-state index contributed by atoms with van der Waals surface area (Å²) >= 11 is 5.93. The smallest absolute Gasteiger partial charge is 0.352 e. The van der Waals surface area contributed by atoms with Gasteiger partial charge < -0.3 is 9.67 Å². The average molecular weight is 250 g/mol. The van der Waals surface area contributed by atoms with E-state index in [0.717, 1.165) is 5.56 Å². The molecule has 0 bridgehead atoms. The van der Waals surface area contributed by atoms with Crippen LogP contribution in [0, 0.1) is 0 Å². The van der Waals surface area contributed by atoms with E-state index < -0.39 is 5.97 Å². The van der Waals surface area contributed by atoms with Crippen molar-refractivity contribution in [2.45, 2.75) is 13.0 Å². The van der Waals surface area contributed by atoms with Gasteiger partial charge >= 0.3 is 5.97 Å². The van der Waals surface area contributed by atoms with Crippen molar-refractivity contribution >= 4 is 17.6 Å². The molecule has 1 atom stereocenters. The topological polar surface area (TPSA) is 42.2 Å². The highest BCUT2D eigenvalue weighted by Crippen LogP contribution is 2.23. The first-order valence-electron chi connectivity index (χ1n) is 5.25. The fourth-order valence-corrected chi connectivity index (χ4v) is 2.04. The van der Waals surface area contributed by atoms with Gasteiger partial charge in [-0.25, -0.2) is 4.79 Å². The number of carboxylic acid groups (broad SMARTS) is 1. The van der Waals surface area contributed by atoms with Crippen molar-refractivity contribution in [3.05, 3.63) is 58.9 Å². The van der Waals surface area contributed by atoms with Crippen molar-refractivity contribution < 1.29 is 9.90 Å². The van der Waals surface area contributed by atoms with E-state index in [1.54, 1.807) is 29.0 Å². The van der Waals surface area contributed by atoms with Crippen LogP contribution in [0.1, 0.15) is 29.0 Å². The molecule has 0 radical (unpaired) electrons. The second kappa shape index (κ2) is 4.63. The number of carboxylic acids is 1. The monoisotopic (exact) mass is 249 g/mol. The van der Waals surface area contributed by atoms with E-state index >= 15 is 0 Å². The van der Waals surface area contributed by atoms with Gasteiger partial charge in [0.1, 0.15) is 5.69 Å². The highest BCUT2D eigenvalue weighted by Gasteiger charge is 2.15. The lowest BCUT2D eigenvalue weighted by Gasteiger charge is -2.16. The number of hydrogen-bond acceptors (Lipinski definition) is 1. The summed E-state index contributed by atoms with van der Waals surface area (Å²) < 4.78 is 1.72. The maximum Gasteiger partial charge on any atom is 0.352 e. The highest BCUT2D eigenvalue weighted by atomic mass is 35.5. The number of hydrogen-bond donors (Lipinski definition) is 1. The molecule has 0 saturated heterocycles. The van der Waals surface area contributed by atoms with Crippen molar-refractivity contribution in [2.75, 3.05) is 0 Å². The molecule has 88 valence electrons. The molecule has 0 saturated carbocycles. The van der Waals surface area contributed by atoms with Gasteiger partial charge in [0.05, 0.1) is 6.04 Å². The third-order valence-corrected chi connectivity index (χ3v) is 2.98. The summed E-state index contributed by atoms with van der Waals surface area (Å²) in [6, 6.07) is 10.7. The number of rotatable bonds is 3. The first kappa shape index (κ1) is 11.7. The van der Waals surface area contributed by atoms with Crippen molar-refractivity contribution in [1.29, 1.82) is 0 Å². The maximum atomic E-state index is 11.0. The molecule has 0 fully saturated rings. The van der Waals surface area contributed by atoms with Crippen LogP contribution in [0.4, 0.5) is 0 Å². The molecule has 0 amide bonds. The third kappa shape index (κ3) is 2.34. The molecule has 2 rings (SSSR count). The lowest BCUT2D eigenvalue weighted by atomic mass is 10.1. The zero-order valence-electron chi connectivity index (χ0n) is 9.30. The Hall–Kier alpha value is -1.74. The Morgan fingerprint density at radius 3 is 2.76 bits per heavy atom. The molecule has 1 heterocycles. The molecule has 4 heteroatoms. The predicted octanol–water partition coefficient (Wildman–Crippen LogP) is 3.45. The summed E-state index contributed by atoms with van der Waals surface area (Å²) in [5.74, 6) is -0.927. The second-order valence-electron chi connectivity index (χ2n) is 3.84. The summed E-state index contributed by atoms with van der Waals surface area (Å²) in [5, 5.41) is 9.71. The van der Waals surface area contributed by atoms with Crippen LogP contribution in [0.3, 0.4) is 0 Å². The van der Waals surface area contributed by atoms with E-state index in [0.29, 0.717) is 5.02 Å². The minimum Gasteiger partial charge on any atom is -0.477 e. The Labute approximate surface area is 104 Å². The highest BCUT2D eigenvalue weighted by molar-refractivity contribution is 6.30. The Bertz CT molecular complexity index is 548. The van der Waals surface area contributed by atoms with Crippen LogP contribution in [0.25, 0.3) is 0 Å². The van der Waals surface area contributed by atoms with Crippen LogP contribution >= 0.6 is 11.6 Å². The summed E-state index contributed by atoms with van der Waals surface area (Å²) in [4.78, 5) is 11.0. The number of halogens is 1. The van der Waals surface area contributed by atoms with E-state index in [-0.39, 0.29) is 11.7 Å². The van der Waals surface area contributed by atoms with Crippen LogP contribution in [-0.2, 0) is 0 Å². The second-order valence-corrected chi connectivity index (χ2v) is 4.27. The molecule has 0 aliphatic carbocycles. The van der Waals surface area contributed by atoms with Gasteiger partial charge in [-0.3, -0.25) is 0 Å². The van der Waals surface area contributed by atoms with Crippen LogP contribution in [0.5, 0.6) is 0 Å². The molecule has 1 aromatic carbocycles. The molecule has 1 unspecified atom stereocenters. The van der Waals surface area contributed by atoms with E-state index in [1.165, 1.54) is 0 Å². The molecular formula is C13H12ClNO2. The van der Waals surface area contributed by atoms with Crippen LogP contribution in [0.15, 0.2) is 42.6 Å². The Kier molecular flexibility index (Phi) is 3.20. The average Bonchev–Trinajstić information content (AvgIpc) is 2.77. The van der Waals surface area contributed by atoms with Gasteiger partial charge in [-0.05, 0) is 36.8 Å². The number of aromatic carboxylic acids is 1. The molecule has 0 aliphatic heterocycles. The van der Waals surface area contributed by atoms with E-state index in [2.05, 4.69) is 0 Å². The zero-order chi connectivity index (χ0) is 12.4. The van der Waals surface area contributed by atoms with Gasteiger partial charge in [-0.1, -0.05) is 23.7 Å². The summed E-state index contributed by atoms with van der Waals surface area (Å²) in [5.41, 5.74) is 1.26. The minimum absolute atomic E-state index is 0.0604. The van der Waals surface area contributed by atoms with Gasteiger partial charge in [0.25, 0.3) is 0 Å². The largest absolute Gasteiger partial charge is 0.477 e. The van der Waals surface area contributed by atoms with Crippen LogP contribution in [-0.4, -0.2) is 15.6 Å². The van der Waals surface area contributed by atoms with Crippen molar-refractivity contribution in [3.63, 3.8) is 0 Å². The number of nitrogens with zero attached hydrogens (tertiary/aromatic N) is 1. The first-order chi connectivity index (χ1) is 8.09. The van der Waals surface area contributed by atoms with Gasteiger partial charge in [-0.2, -0.15) is 0 Å². The molecule has 1 N–H and O–H groups in total. The number of carbonyl (C=O) groups is 1. The third-order valence-electron chi connectivity index (χ3n) is 2.75. The first-order valence-corrected chi connectivity index (χ1v) is 5.63. The predicted molar refractivity (Wildman–Crippen MR) is 66.7 cm³/mol. The van der Waals surface area contributed by atoms with Gasteiger partial charge in [-0.15, -0.1) is 0 Å². The fourth-order valence-electron chi connectivity index (χ4n) is 1.84. The summed E-state index contributed by atoms with van der Waals surface area (Å²) in [7, 11) is 0. The standard InChI is InChI=1S/C13H12ClNO2/c1-9(10-4-2-5-11(14)8-10)15-7-3-6-12(15)13(16)17/h2-9H,1H3,(H,16,17). The van der Waals surface area contributed by atoms with E-state index in [1.807, 2.05) is 25.1 Å².